The lowest BCUT2D eigenvalue weighted by atomic mass is 9.98. The van der Waals surface area contributed by atoms with Gasteiger partial charge in [-0.15, -0.1) is 0 Å². The van der Waals surface area contributed by atoms with Crippen molar-refractivity contribution in [2.45, 2.75) is 40.8 Å². The summed E-state index contributed by atoms with van der Waals surface area (Å²) >= 11 is 6.47. The number of ether oxygens (including phenoxy) is 1. The van der Waals surface area contributed by atoms with Crippen LogP contribution in [0.3, 0.4) is 0 Å². The first kappa shape index (κ1) is 20.9. The average Bonchev–Trinajstić information content (AvgIpc) is 2.84. The summed E-state index contributed by atoms with van der Waals surface area (Å²) in [6.45, 7) is 7.76. The van der Waals surface area contributed by atoms with E-state index in [0.717, 1.165) is 29.0 Å². The third kappa shape index (κ3) is 4.14. The van der Waals surface area contributed by atoms with E-state index in [4.69, 9.17) is 27.5 Å². The molecule has 0 spiro atoms. The van der Waals surface area contributed by atoms with Gasteiger partial charge in [-0.3, -0.25) is 0 Å². The molecule has 7 nitrogen and oxygen atoms in total. The number of fused-ring (bicyclic) bond motifs is 1. The quantitative estimate of drug-likeness (QED) is 0.592. The van der Waals surface area contributed by atoms with Gasteiger partial charge in [0.05, 0.1) is 11.6 Å². The molecular weight excluding hydrogens is 364 g/mol. The average molecular weight is 391 g/mol. The van der Waals surface area contributed by atoms with Gasteiger partial charge in [0, 0.05) is 35.0 Å². The number of nitrogens with two attached hydrogens (primary N) is 1. The molecule has 1 unspecified atom stereocenters. The van der Waals surface area contributed by atoms with Crippen molar-refractivity contribution in [3.05, 3.63) is 39.7 Å². The maximum Gasteiger partial charge on any atom is 0.141 e. The first-order valence-electron chi connectivity index (χ1n) is 8.48. The number of nitrogens with zero attached hydrogens (tertiary/aromatic N) is 2. The Balaban J connectivity index is 0.00000261. The Bertz CT molecular complexity index is 855. The Morgan fingerprint density at radius 3 is 2.89 bits per heavy atom. The topological polar surface area (TPSA) is 109 Å². The Morgan fingerprint density at radius 1 is 1.44 bits per heavy atom. The van der Waals surface area contributed by atoms with Crippen LogP contribution in [0, 0.1) is 12.3 Å². The standard InChI is InChI=1S/C18H23ClN6O.CH4/c1-9-13-7-22-4-5-26-16(13)12(6-14(9)19)11(3)25-18-15(10(2)20)17(21)23-8-24-18;/h6,8,11,20,22H,4-5,7H2,1-3H3,(H3,21,23,24,25);1H4. The lowest BCUT2D eigenvalue weighted by Crippen LogP contribution is -2.16. The van der Waals surface area contributed by atoms with Gasteiger partial charge in [-0.25, -0.2) is 9.97 Å². The number of nitrogens with one attached hydrogen (secondary N) is 3. The molecule has 1 atom stereocenters. The zero-order valence-electron chi connectivity index (χ0n) is 15.1. The highest BCUT2D eigenvalue weighted by Crippen LogP contribution is 2.38. The van der Waals surface area contributed by atoms with Crippen LogP contribution >= 0.6 is 11.6 Å². The minimum absolute atomic E-state index is 0. The summed E-state index contributed by atoms with van der Waals surface area (Å²) in [7, 11) is 0. The summed E-state index contributed by atoms with van der Waals surface area (Å²) in [5.41, 5.74) is 9.78. The van der Waals surface area contributed by atoms with Crippen LogP contribution in [-0.2, 0) is 6.54 Å². The second-order valence-corrected chi connectivity index (χ2v) is 6.79. The summed E-state index contributed by atoms with van der Waals surface area (Å²) in [6.07, 6.45) is 1.39. The summed E-state index contributed by atoms with van der Waals surface area (Å²) in [4.78, 5) is 8.25. The van der Waals surface area contributed by atoms with Crippen LogP contribution in [0.2, 0.25) is 5.02 Å². The Morgan fingerprint density at radius 2 is 2.19 bits per heavy atom. The van der Waals surface area contributed by atoms with Crippen molar-refractivity contribution < 1.29 is 4.74 Å². The minimum Gasteiger partial charge on any atom is -0.492 e. The second-order valence-electron chi connectivity index (χ2n) is 6.38. The normalized spacial score (nSPS) is 14.2. The first-order chi connectivity index (χ1) is 12.4. The van der Waals surface area contributed by atoms with Crippen LogP contribution in [0.4, 0.5) is 11.6 Å². The van der Waals surface area contributed by atoms with Crippen LogP contribution < -0.4 is 21.1 Å². The van der Waals surface area contributed by atoms with Crippen molar-refractivity contribution in [1.29, 1.82) is 5.41 Å². The number of hydrogen-bond donors (Lipinski definition) is 4. The van der Waals surface area contributed by atoms with E-state index in [-0.39, 0.29) is 19.3 Å². The summed E-state index contributed by atoms with van der Waals surface area (Å²) in [6, 6.07) is 1.78. The minimum atomic E-state index is -0.146. The van der Waals surface area contributed by atoms with Crippen LogP contribution in [0.5, 0.6) is 5.75 Å². The van der Waals surface area contributed by atoms with E-state index in [0.29, 0.717) is 35.3 Å². The molecule has 2 aromatic rings. The van der Waals surface area contributed by atoms with Gasteiger partial charge >= 0.3 is 0 Å². The zero-order valence-corrected chi connectivity index (χ0v) is 15.9. The molecule has 1 aliphatic rings. The predicted octanol–water partition coefficient (Wildman–Crippen LogP) is 3.70. The zero-order chi connectivity index (χ0) is 18.8. The number of benzene rings is 1. The summed E-state index contributed by atoms with van der Waals surface area (Å²) < 4.78 is 6.01. The lowest BCUT2D eigenvalue weighted by Gasteiger charge is -2.23. The van der Waals surface area contributed by atoms with E-state index >= 15 is 0 Å². The van der Waals surface area contributed by atoms with Crippen molar-refractivity contribution in [1.82, 2.24) is 15.3 Å². The molecule has 5 N–H and O–H groups in total. The number of rotatable bonds is 4. The molecule has 0 saturated heterocycles. The van der Waals surface area contributed by atoms with E-state index in [1.807, 2.05) is 19.9 Å². The van der Waals surface area contributed by atoms with Crippen LogP contribution in [0.15, 0.2) is 12.4 Å². The van der Waals surface area contributed by atoms with Crippen molar-refractivity contribution in [2.24, 2.45) is 0 Å². The number of aromatic nitrogens is 2. The van der Waals surface area contributed by atoms with Crippen molar-refractivity contribution in [2.75, 3.05) is 24.2 Å². The fourth-order valence-electron chi connectivity index (χ4n) is 3.10. The monoisotopic (exact) mass is 390 g/mol. The fraction of sp³-hybridized carbons (Fsp3) is 0.421. The largest absolute Gasteiger partial charge is 0.492 e. The molecule has 2 heterocycles. The van der Waals surface area contributed by atoms with E-state index in [9.17, 15) is 0 Å². The number of nitrogen functional groups attached to an aromatic ring is 1. The van der Waals surface area contributed by atoms with E-state index in [1.165, 1.54) is 6.33 Å². The summed E-state index contributed by atoms with van der Waals surface area (Å²) in [5.74, 6) is 1.66. The smallest absolute Gasteiger partial charge is 0.141 e. The van der Waals surface area contributed by atoms with E-state index in [1.54, 1.807) is 6.92 Å². The Hall–Kier alpha value is -2.38. The van der Waals surface area contributed by atoms with Crippen molar-refractivity contribution in [3.63, 3.8) is 0 Å². The molecule has 0 saturated carbocycles. The molecule has 0 bridgehead atoms. The molecule has 3 rings (SSSR count). The summed E-state index contributed by atoms with van der Waals surface area (Å²) in [5, 5.41) is 15.3. The molecule has 1 aromatic heterocycles. The highest BCUT2D eigenvalue weighted by atomic mass is 35.5. The maximum absolute atomic E-state index is 7.95. The molecule has 27 heavy (non-hydrogen) atoms. The maximum atomic E-state index is 7.95. The SMILES string of the molecule is C.CC(=N)c1c(N)ncnc1NC(C)c1cc(Cl)c(C)c2c1OCCNC2. The van der Waals surface area contributed by atoms with Gasteiger partial charge in [0.15, 0.2) is 0 Å². The lowest BCUT2D eigenvalue weighted by molar-refractivity contribution is 0.321. The van der Waals surface area contributed by atoms with Gasteiger partial charge in [-0.05, 0) is 32.4 Å². The van der Waals surface area contributed by atoms with Gasteiger partial charge in [0.25, 0.3) is 0 Å². The van der Waals surface area contributed by atoms with Gasteiger partial charge < -0.3 is 26.5 Å². The third-order valence-electron chi connectivity index (χ3n) is 4.53. The molecule has 0 fully saturated rings. The van der Waals surface area contributed by atoms with Gasteiger partial charge in [0.1, 0.15) is 30.3 Å². The van der Waals surface area contributed by atoms with E-state index < -0.39 is 0 Å². The molecule has 1 aromatic carbocycles. The number of hydrogen-bond acceptors (Lipinski definition) is 7. The molecule has 0 amide bonds. The van der Waals surface area contributed by atoms with E-state index in [2.05, 4.69) is 20.6 Å². The highest BCUT2D eigenvalue weighted by Gasteiger charge is 2.23. The first-order valence-corrected chi connectivity index (χ1v) is 8.85. The van der Waals surface area contributed by atoms with Crippen molar-refractivity contribution in [3.8, 4) is 5.75 Å². The predicted molar refractivity (Wildman–Crippen MR) is 111 cm³/mol. The Labute approximate surface area is 165 Å². The number of halogens is 1. The molecular formula is C19H27ClN6O. The molecule has 1 aliphatic heterocycles. The highest BCUT2D eigenvalue weighted by molar-refractivity contribution is 6.31. The molecule has 8 heteroatoms. The van der Waals surface area contributed by atoms with Gasteiger partial charge in [0.2, 0.25) is 0 Å². The third-order valence-corrected chi connectivity index (χ3v) is 4.92. The fourth-order valence-corrected chi connectivity index (χ4v) is 3.34. The molecule has 0 aliphatic carbocycles. The molecule has 0 radical (unpaired) electrons. The number of anilines is 2. The van der Waals surface area contributed by atoms with Crippen molar-refractivity contribution >= 4 is 28.9 Å². The second kappa shape index (κ2) is 8.54. The van der Waals surface area contributed by atoms with Crippen LogP contribution in [0.1, 0.15) is 49.6 Å². The van der Waals surface area contributed by atoms with Crippen LogP contribution in [0.25, 0.3) is 0 Å². The molecule has 146 valence electrons. The van der Waals surface area contributed by atoms with Gasteiger partial charge in [-0.1, -0.05) is 19.0 Å². The van der Waals surface area contributed by atoms with Gasteiger partial charge in [-0.2, -0.15) is 0 Å². The van der Waals surface area contributed by atoms with Crippen LogP contribution in [-0.4, -0.2) is 28.8 Å². The Kier molecular flexibility index (Phi) is 6.62.